The molecule has 1 saturated heterocycles. The minimum atomic E-state index is -0.107. The van der Waals surface area contributed by atoms with Crippen LogP contribution in [0.1, 0.15) is 34.2 Å². The van der Waals surface area contributed by atoms with Crippen LogP contribution in [-0.2, 0) is 17.7 Å². The highest BCUT2D eigenvalue weighted by Gasteiger charge is 2.27. The molecule has 0 bridgehead atoms. The normalized spacial score (nSPS) is 16.5. The Morgan fingerprint density at radius 1 is 1.17 bits per heavy atom. The third-order valence-corrected chi connectivity index (χ3v) is 5.48. The van der Waals surface area contributed by atoms with Crippen molar-refractivity contribution in [3.05, 3.63) is 40.7 Å². The van der Waals surface area contributed by atoms with Crippen LogP contribution in [0.4, 0.5) is 4.79 Å². The van der Waals surface area contributed by atoms with Crippen LogP contribution >= 0.6 is 0 Å². The van der Waals surface area contributed by atoms with Gasteiger partial charge in [0.1, 0.15) is 0 Å². The van der Waals surface area contributed by atoms with E-state index in [0.29, 0.717) is 51.6 Å². The fourth-order valence-corrected chi connectivity index (χ4v) is 3.90. The number of nitrogens with zero attached hydrogens (tertiary/aromatic N) is 5. The Morgan fingerprint density at radius 2 is 1.97 bits per heavy atom. The van der Waals surface area contributed by atoms with E-state index in [1.54, 1.807) is 9.58 Å². The molecular weight excluding hydrogens is 372 g/mol. The van der Waals surface area contributed by atoms with Crippen LogP contribution < -0.4 is 5.32 Å². The minimum absolute atomic E-state index is 0.0427. The van der Waals surface area contributed by atoms with E-state index in [9.17, 15) is 9.59 Å². The smallest absolute Gasteiger partial charge is 0.317 e. The topological polar surface area (TPSA) is 92.6 Å². The molecule has 0 spiro atoms. The first-order valence-electron chi connectivity index (χ1n) is 10.0. The zero-order valence-electron chi connectivity index (χ0n) is 16.8. The summed E-state index contributed by atoms with van der Waals surface area (Å²) in [5, 5.41) is 11.3. The first kappa shape index (κ1) is 19.4. The van der Waals surface area contributed by atoms with Crippen LogP contribution in [0.5, 0.6) is 0 Å². The molecule has 1 aromatic heterocycles. The van der Waals surface area contributed by atoms with Crippen LogP contribution in [0.2, 0.25) is 0 Å². The molecule has 1 fully saturated rings. The van der Waals surface area contributed by atoms with Crippen molar-refractivity contribution < 1.29 is 14.3 Å². The summed E-state index contributed by atoms with van der Waals surface area (Å²) in [4.78, 5) is 28.6. The van der Waals surface area contributed by atoms with Gasteiger partial charge in [0.2, 0.25) is 0 Å². The third-order valence-electron chi connectivity index (χ3n) is 5.48. The Hall–Kier alpha value is -2.94. The fraction of sp³-hybridized carbons (Fsp3) is 0.500. The third kappa shape index (κ3) is 3.69. The van der Waals surface area contributed by atoms with Gasteiger partial charge >= 0.3 is 6.03 Å². The predicted octanol–water partition coefficient (Wildman–Crippen LogP) is 1.14. The Kier molecular flexibility index (Phi) is 5.48. The average Bonchev–Trinajstić information content (AvgIpc) is 3.14. The maximum absolute atomic E-state index is 12.8. The number of carbonyl (C=O) groups is 2. The average molecular weight is 398 g/mol. The van der Waals surface area contributed by atoms with Gasteiger partial charge in [0.25, 0.3) is 5.91 Å². The molecule has 29 heavy (non-hydrogen) atoms. The molecule has 0 saturated carbocycles. The van der Waals surface area contributed by atoms with E-state index >= 15 is 0 Å². The zero-order chi connectivity index (χ0) is 20.4. The largest absolute Gasteiger partial charge is 0.378 e. The van der Waals surface area contributed by atoms with E-state index in [2.05, 4.69) is 15.6 Å². The van der Waals surface area contributed by atoms with Crippen molar-refractivity contribution in [1.82, 2.24) is 30.1 Å². The number of fused-ring (bicyclic) bond motifs is 1. The predicted molar refractivity (Wildman–Crippen MR) is 106 cm³/mol. The Labute approximate surface area is 169 Å². The highest BCUT2D eigenvalue weighted by molar-refractivity contribution is 5.93. The highest BCUT2D eigenvalue weighted by Crippen LogP contribution is 2.26. The highest BCUT2D eigenvalue weighted by atomic mass is 16.5. The van der Waals surface area contributed by atoms with Crippen molar-refractivity contribution in [3.8, 4) is 5.69 Å². The van der Waals surface area contributed by atoms with E-state index < -0.39 is 0 Å². The first-order chi connectivity index (χ1) is 14.1. The van der Waals surface area contributed by atoms with E-state index in [-0.39, 0.29) is 11.9 Å². The van der Waals surface area contributed by atoms with Crippen LogP contribution in [0.3, 0.4) is 0 Å². The summed E-state index contributed by atoms with van der Waals surface area (Å²) < 4.78 is 7.07. The van der Waals surface area contributed by atoms with Gasteiger partial charge in [-0.3, -0.25) is 4.79 Å². The number of benzene rings is 1. The lowest BCUT2D eigenvalue weighted by Crippen LogP contribution is -2.42. The Balaban J connectivity index is 1.60. The van der Waals surface area contributed by atoms with Crippen molar-refractivity contribution in [2.45, 2.75) is 26.8 Å². The number of ether oxygens (including phenoxy) is 1. The molecule has 9 nitrogen and oxygen atoms in total. The summed E-state index contributed by atoms with van der Waals surface area (Å²) in [6, 6.07) is 5.94. The number of carbonyl (C=O) groups excluding carboxylic acids is 2. The molecular formula is C20H26N6O3. The van der Waals surface area contributed by atoms with Gasteiger partial charge in [0.05, 0.1) is 24.6 Å². The molecule has 0 atom stereocenters. The molecule has 3 heterocycles. The number of urea groups is 1. The van der Waals surface area contributed by atoms with Crippen LogP contribution in [0, 0.1) is 6.92 Å². The first-order valence-corrected chi connectivity index (χ1v) is 10.0. The van der Waals surface area contributed by atoms with Gasteiger partial charge in [-0.25, -0.2) is 9.48 Å². The molecule has 2 aliphatic heterocycles. The van der Waals surface area contributed by atoms with E-state index in [0.717, 1.165) is 28.9 Å². The number of rotatable bonds is 3. The Morgan fingerprint density at radius 3 is 2.72 bits per heavy atom. The molecule has 4 rings (SSSR count). The van der Waals surface area contributed by atoms with Gasteiger partial charge < -0.3 is 19.9 Å². The fourth-order valence-electron chi connectivity index (χ4n) is 3.90. The Bertz CT molecular complexity index is 919. The summed E-state index contributed by atoms with van der Waals surface area (Å²) >= 11 is 0. The van der Waals surface area contributed by atoms with Crippen LogP contribution in [-0.4, -0.2) is 76.1 Å². The second-order valence-electron chi connectivity index (χ2n) is 7.26. The number of aromatic nitrogens is 3. The number of morpholine rings is 1. The second kappa shape index (κ2) is 8.20. The number of hydrogen-bond donors (Lipinski definition) is 1. The maximum Gasteiger partial charge on any atom is 0.317 e. The van der Waals surface area contributed by atoms with Gasteiger partial charge in [0.15, 0.2) is 5.69 Å². The molecule has 0 radical (unpaired) electrons. The van der Waals surface area contributed by atoms with Crippen molar-refractivity contribution in [1.29, 1.82) is 0 Å². The summed E-state index contributed by atoms with van der Waals surface area (Å²) in [6.45, 7) is 7.84. The van der Waals surface area contributed by atoms with Gasteiger partial charge in [-0.2, -0.15) is 0 Å². The molecule has 1 aromatic carbocycles. The zero-order valence-corrected chi connectivity index (χ0v) is 16.8. The van der Waals surface area contributed by atoms with Crippen molar-refractivity contribution >= 4 is 11.9 Å². The maximum atomic E-state index is 12.8. The number of hydrogen-bond acceptors (Lipinski definition) is 5. The quantitative estimate of drug-likeness (QED) is 0.837. The lowest BCUT2D eigenvalue weighted by molar-refractivity contribution is 0.0298. The number of amides is 3. The van der Waals surface area contributed by atoms with Crippen LogP contribution in [0.25, 0.3) is 5.69 Å². The van der Waals surface area contributed by atoms with E-state index in [1.165, 1.54) is 0 Å². The molecule has 0 unspecified atom stereocenters. The minimum Gasteiger partial charge on any atom is -0.378 e. The van der Waals surface area contributed by atoms with E-state index in [4.69, 9.17) is 4.74 Å². The molecule has 2 aromatic rings. The van der Waals surface area contributed by atoms with Gasteiger partial charge in [-0.05, 0) is 37.5 Å². The molecule has 2 aliphatic rings. The summed E-state index contributed by atoms with van der Waals surface area (Å²) in [6.07, 6.45) is 0.731. The van der Waals surface area contributed by atoms with Gasteiger partial charge in [0, 0.05) is 32.7 Å². The lowest BCUT2D eigenvalue weighted by atomic mass is 9.98. The molecule has 3 amide bonds. The molecule has 0 aliphatic carbocycles. The molecule has 1 N–H and O–H groups in total. The van der Waals surface area contributed by atoms with Gasteiger partial charge in [-0.15, -0.1) is 5.10 Å². The van der Waals surface area contributed by atoms with Gasteiger partial charge in [-0.1, -0.05) is 17.3 Å². The standard InChI is InChI=1S/C20H26N6O3/c1-3-21-20(28)25-8-7-16-15(13-25)5-4-6-17(16)26-14(2)18(22-23-26)19(27)24-9-11-29-12-10-24/h4-6H,3,7-13H2,1-2H3,(H,21,28). The van der Waals surface area contributed by atoms with Crippen LogP contribution in [0.15, 0.2) is 18.2 Å². The second-order valence-corrected chi connectivity index (χ2v) is 7.26. The van der Waals surface area contributed by atoms with Crippen molar-refractivity contribution in [2.24, 2.45) is 0 Å². The summed E-state index contributed by atoms with van der Waals surface area (Å²) in [5.74, 6) is -0.107. The summed E-state index contributed by atoms with van der Waals surface area (Å²) in [7, 11) is 0. The monoisotopic (exact) mass is 398 g/mol. The lowest BCUT2D eigenvalue weighted by Gasteiger charge is -2.30. The SMILES string of the molecule is CCNC(=O)N1CCc2c(cccc2-n2nnc(C(=O)N3CCOCC3)c2C)C1. The van der Waals surface area contributed by atoms with E-state index in [1.807, 2.05) is 36.9 Å². The van der Waals surface area contributed by atoms with Crippen molar-refractivity contribution in [2.75, 3.05) is 39.4 Å². The molecule has 154 valence electrons. The number of nitrogens with one attached hydrogen (secondary N) is 1. The molecule has 9 heteroatoms. The van der Waals surface area contributed by atoms with Crippen molar-refractivity contribution in [3.63, 3.8) is 0 Å². The summed E-state index contributed by atoms with van der Waals surface area (Å²) in [5.41, 5.74) is 4.26.